The van der Waals surface area contributed by atoms with Crippen LogP contribution in [0.15, 0.2) is 42.7 Å². The minimum Gasteiger partial charge on any atom is -0.455 e. The number of hydrogen-bond donors (Lipinski definition) is 2. The zero-order chi connectivity index (χ0) is 15.9. The van der Waals surface area contributed by atoms with Crippen molar-refractivity contribution in [2.24, 2.45) is 5.73 Å². The zero-order valence-electron chi connectivity index (χ0n) is 12.9. The van der Waals surface area contributed by atoms with Crippen molar-refractivity contribution in [2.45, 2.75) is 32.7 Å². The van der Waals surface area contributed by atoms with E-state index in [-0.39, 0.29) is 11.9 Å². The summed E-state index contributed by atoms with van der Waals surface area (Å²) in [7, 11) is 0. The molecule has 116 valence electrons. The van der Waals surface area contributed by atoms with Gasteiger partial charge in [0.05, 0.1) is 6.20 Å². The molecule has 1 heterocycles. The minimum absolute atomic E-state index is 0.0300. The molecule has 0 aliphatic rings. The molecular formula is C17H21N3O2. The maximum absolute atomic E-state index is 11.8. The van der Waals surface area contributed by atoms with Crippen LogP contribution in [0.3, 0.4) is 0 Å². The van der Waals surface area contributed by atoms with Gasteiger partial charge in [-0.25, -0.2) is 0 Å². The van der Waals surface area contributed by atoms with E-state index < -0.39 is 0 Å². The molecule has 0 saturated carbocycles. The summed E-state index contributed by atoms with van der Waals surface area (Å²) in [6, 6.07) is 9.23. The van der Waals surface area contributed by atoms with Gasteiger partial charge in [0.1, 0.15) is 11.5 Å². The standard InChI is InChI=1S/C17H21N3O2/c1-12-10-14(20-17(21)8-5-13(2)18)6-7-16(12)22-15-4-3-9-19-11-15/h3-4,6-7,9-11,13H,5,8,18H2,1-2H3,(H,20,21). The third-order valence-corrected chi connectivity index (χ3v) is 3.15. The number of nitrogens with one attached hydrogen (secondary N) is 1. The molecule has 0 spiro atoms. The second-order valence-corrected chi connectivity index (χ2v) is 5.34. The van der Waals surface area contributed by atoms with Crippen LogP contribution in [-0.4, -0.2) is 16.9 Å². The second-order valence-electron chi connectivity index (χ2n) is 5.34. The van der Waals surface area contributed by atoms with Crippen molar-refractivity contribution in [3.63, 3.8) is 0 Å². The monoisotopic (exact) mass is 299 g/mol. The van der Waals surface area contributed by atoms with Gasteiger partial charge in [-0.1, -0.05) is 0 Å². The smallest absolute Gasteiger partial charge is 0.224 e. The third kappa shape index (κ3) is 4.86. The van der Waals surface area contributed by atoms with Crippen molar-refractivity contribution in [3.8, 4) is 11.5 Å². The lowest BCUT2D eigenvalue weighted by Crippen LogP contribution is -2.19. The number of carbonyl (C=O) groups excluding carboxylic acids is 1. The first-order valence-electron chi connectivity index (χ1n) is 7.28. The lowest BCUT2D eigenvalue weighted by molar-refractivity contribution is -0.116. The maximum Gasteiger partial charge on any atom is 0.224 e. The molecule has 1 aromatic carbocycles. The summed E-state index contributed by atoms with van der Waals surface area (Å²) >= 11 is 0. The quantitative estimate of drug-likeness (QED) is 0.858. The lowest BCUT2D eigenvalue weighted by atomic mass is 10.1. The van der Waals surface area contributed by atoms with Gasteiger partial charge in [-0.05, 0) is 56.2 Å². The van der Waals surface area contributed by atoms with Crippen LogP contribution in [0.1, 0.15) is 25.3 Å². The number of aryl methyl sites for hydroxylation is 1. The SMILES string of the molecule is Cc1cc(NC(=O)CCC(C)N)ccc1Oc1cccnc1. The molecule has 1 aromatic heterocycles. The van der Waals surface area contributed by atoms with E-state index in [1.807, 2.05) is 44.2 Å². The number of aromatic nitrogens is 1. The van der Waals surface area contributed by atoms with Gasteiger partial charge in [-0.2, -0.15) is 0 Å². The molecule has 0 bridgehead atoms. The molecule has 2 aromatic rings. The Morgan fingerprint density at radius 2 is 2.23 bits per heavy atom. The van der Waals surface area contributed by atoms with E-state index in [0.717, 1.165) is 17.0 Å². The summed E-state index contributed by atoms with van der Waals surface area (Å²) in [4.78, 5) is 15.8. The van der Waals surface area contributed by atoms with Crippen LogP contribution in [-0.2, 0) is 4.79 Å². The predicted molar refractivity (Wildman–Crippen MR) is 87.0 cm³/mol. The van der Waals surface area contributed by atoms with Gasteiger partial charge in [0.2, 0.25) is 5.91 Å². The molecule has 1 amide bonds. The molecule has 0 saturated heterocycles. The van der Waals surface area contributed by atoms with Gasteiger partial charge in [-0.3, -0.25) is 9.78 Å². The van der Waals surface area contributed by atoms with Crippen LogP contribution in [0.25, 0.3) is 0 Å². The van der Waals surface area contributed by atoms with Crippen molar-refractivity contribution in [2.75, 3.05) is 5.32 Å². The van der Waals surface area contributed by atoms with Crippen molar-refractivity contribution in [1.82, 2.24) is 4.98 Å². The normalized spacial score (nSPS) is 11.8. The number of benzene rings is 1. The van der Waals surface area contributed by atoms with Crippen molar-refractivity contribution in [1.29, 1.82) is 0 Å². The highest BCUT2D eigenvalue weighted by atomic mass is 16.5. The summed E-state index contributed by atoms with van der Waals surface area (Å²) < 4.78 is 5.76. The number of ether oxygens (including phenoxy) is 1. The second kappa shape index (κ2) is 7.56. The maximum atomic E-state index is 11.8. The Balaban J connectivity index is 1.99. The number of pyridine rings is 1. The fraction of sp³-hybridized carbons (Fsp3) is 0.294. The van der Waals surface area contributed by atoms with Gasteiger partial charge < -0.3 is 15.8 Å². The van der Waals surface area contributed by atoms with Crippen molar-refractivity contribution >= 4 is 11.6 Å². The molecule has 0 aliphatic carbocycles. The molecule has 5 heteroatoms. The summed E-state index contributed by atoms with van der Waals surface area (Å²) in [5, 5.41) is 2.87. The van der Waals surface area contributed by atoms with Crippen molar-refractivity contribution in [3.05, 3.63) is 48.3 Å². The van der Waals surface area contributed by atoms with E-state index in [4.69, 9.17) is 10.5 Å². The highest BCUT2D eigenvalue weighted by Crippen LogP contribution is 2.26. The minimum atomic E-state index is -0.0300. The summed E-state index contributed by atoms with van der Waals surface area (Å²) in [5.41, 5.74) is 7.34. The Morgan fingerprint density at radius 1 is 1.41 bits per heavy atom. The number of anilines is 1. The van der Waals surface area contributed by atoms with Crippen LogP contribution in [0.2, 0.25) is 0 Å². The van der Waals surface area contributed by atoms with Gasteiger partial charge in [-0.15, -0.1) is 0 Å². The van der Waals surface area contributed by atoms with E-state index in [2.05, 4.69) is 10.3 Å². The Labute approximate surface area is 130 Å². The number of nitrogens with two attached hydrogens (primary N) is 1. The highest BCUT2D eigenvalue weighted by Gasteiger charge is 2.07. The Hall–Kier alpha value is -2.40. The van der Waals surface area contributed by atoms with E-state index >= 15 is 0 Å². The van der Waals surface area contributed by atoms with E-state index in [1.54, 1.807) is 12.4 Å². The molecule has 0 fully saturated rings. The Morgan fingerprint density at radius 3 is 2.86 bits per heavy atom. The molecule has 1 atom stereocenters. The molecule has 2 rings (SSSR count). The third-order valence-electron chi connectivity index (χ3n) is 3.15. The van der Waals surface area contributed by atoms with Crippen LogP contribution in [0.4, 0.5) is 5.69 Å². The van der Waals surface area contributed by atoms with Crippen LogP contribution in [0.5, 0.6) is 11.5 Å². The van der Waals surface area contributed by atoms with Gasteiger partial charge in [0.15, 0.2) is 0 Å². The average Bonchev–Trinajstić information content (AvgIpc) is 2.49. The summed E-state index contributed by atoms with van der Waals surface area (Å²) in [5.74, 6) is 1.39. The molecule has 0 aliphatic heterocycles. The Kier molecular flexibility index (Phi) is 5.49. The topological polar surface area (TPSA) is 77.2 Å². The number of amides is 1. The predicted octanol–water partition coefficient (Wildman–Crippen LogP) is 3.25. The van der Waals surface area contributed by atoms with Crippen LogP contribution >= 0.6 is 0 Å². The fourth-order valence-electron chi connectivity index (χ4n) is 1.96. The first kappa shape index (κ1) is 16.0. The molecular weight excluding hydrogens is 278 g/mol. The summed E-state index contributed by atoms with van der Waals surface area (Å²) in [6.45, 7) is 3.82. The number of nitrogens with zero attached hydrogens (tertiary/aromatic N) is 1. The number of rotatable bonds is 6. The van der Waals surface area contributed by atoms with Gasteiger partial charge in [0.25, 0.3) is 0 Å². The lowest BCUT2D eigenvalue weighted by Gasteiger charge is -2.11. The molecule has 3 N–H and O–H groups in total. The zero-order valence-corrected chi connectivity index (χ0v) is 12.9. The number of carbonyl (C=O) groups is 1. The molecule has 22 heavy (non-hydrogen) atoms. The van der Waals surface area contributed by atoms with Gasteiger partial charge >= 0.3 is 0 Å². The van der Waals surface area contributed by atoms with Gasteiger partial charge in [0, 0.05) is 24.3 Å². The van der Waals surface area contributed by atoms with E-state index in [0.29, 0.717) is 18.6 Å². The fourth-order valence-corrected chi connectivity index (χ4v) is 1.96. The largest absolute Gasteiger partial charge is 0.455 e. The van der Waals surface area contributed by atoms with E-state index in [1.165, 1.54) is 0 Å². The highest BCUT2D eigenvalue weighted by molar-refractivity contribution is 5.90. The van der Waals surface area contributed by atoms with Crippen LogP contribution < -0.4 is 15.8 Å². The summed E-state index contributed by atoms with van der Waals surface area (Å²) in [6.07, 6.45) is 4.45. The average molecular weight is 299 g/mol. The van der Waals surface area contributed by atoms with E-state index in [9.17, 15) is 4.79 Å². The van der Waals surface area contributed by atoms with Crippen LogP contribution in [0, 0.1) is 6.92 Å². The molecule has 0 radical (unpaired) electrons. The Bertz CT molecular complexity index is 627. The van der Waals surface area contributed by atoms with Crippen molar-refractivity contribution < 1.29 is 9.53 Å². The first-order valence-corrected chi connectivity index (χ1v) is 7.28. The molecule has 1 unspecified atom stereocenters. The first-order chi connectivity index (χ1) is 10.5. The molecule has 5 nitrogen and oxygen atoms in total. The number of hydrogen-bond acceptors (Lipinski definition) is 4.